The molecule has 2 aliphatic heterocycles. The molecule has 5 rings (SSSR count). The van der Waals surface area contributed by atoms with Crippen LogP contribution < -0.4 is 10.2 Å². The quantitative estimate of drug-likeness (QED) is 0.459. The Morgan fingerprint density at radius 3 is 2.24 bits per heavy atom. The number of nitrogens with one attached hydrogen (secondary N) is 1. The molecule has 7 nitrogen and oxygen atoms in total. The first kappa shape index (κ1) is 21.8. The van der Waals surface area contributed by atoms with Crippen LogP contribution in [0.4, 0.5) is 10.1 Å². The average molecular weight is 460 g/mol. The van der Waals surface area contributed by atoms with E-state index in [1.165, 1.54) is 43.5 Å². The van der Waals surface area contributed by atoms with E-state index in [0.717, 1.165) is 4.90 Å². The summed E-state index contributed by atoms with van der Waals surface area (Å²) < 4.78 is 18.7. The van der Waals surface area contributed by atoms with Crippen molar-refractivity contribution in [3.8, 4) is 5.75 Å². The zero-order valence-electron chi connectivity index (χ0n) is 18.1. The first-order valence-corrected chi connectivity index (χ1v) is 10.7. The normalized spacial score (nSPS) is 25.9. The Hall–Kier alpha value is -4.04. The van der Waals surface area contributed by atoms with Crippen LogP contribution in [-0.4, -0.2) is 30.0 Å². The fraction of sp³-hybridized carbons (Fsp3) is 0.192. The van der Waals surface area contributed by atoms with Crippen LogP contribution in [0.3, 0.4) is 0 Å². The number of esters is 1. The number of anilines is 1. The molecule has 0 bridgehead atoms. The van der Waals surface area contributed by atoms with E-state index in [9.17, 15) is 23.9 Å². The van der Waals surface area contributed by atoms with Crippen molar-refractivity contribution in [1.82, 2.24) is 5.32 Å². The smallest absolute Gasteiger partial charge is 0.331 e. The van der Waals surface area contributed by atoms with Gasteiger partial charge in [0.2, 0.25) is 11.8 Å². The highest BCUT2D eigenvalue weighted by molar-refractivity contribution is 6.24. The molecule has 3 aromatic rings. The number of halogens is 1. The first-order chi connectivity index (χ1) is 16.4. The Labute approximate surface area is 194 Å². The molecule has 0 aliphatic carbocycles. The number of phenolic OH excluding ortho intramolecular Hbond substituents is 1. The van der Waals surface area contributed by atoms with E-state index in [1.807, 2.05) is 0 Å². The Kier molecular flexibility index (Phi) is 5.17. The summed E-state index contributed by atoms with van der Waals surface area (Å²) in [7, 11) is 1.23. The summed E-state index contributed by atoms with van der Waals surface area (Å²) >= 11 is 0. The number of benzene rings is 3. The zero-order valence-corrected chi connectivity index (χ0v) is 18.1. The summed E-state index contributed by atoms with van der Waals surface area (Å²) in [5.41, 5.74) is -0.302. The number of carbonyl (C=O) groups excluding carboxylic acids is 3. The van der Waals surface area contributed by atoms with E-state index in [0.29, 0.717) is 11.1 Å². The summed E-state index contributed by atoms with van der Waals surface area (Å²) in [5.74, 6) is -4.29. The van der Waals surface area contributed by atoms with Crippen molar-refractivity contribution in [2.75, 3.05) is 12.0 Å². The van der Waals surface area contributed by atoms with Gasteiger partial charge < -0.3 is 9.84 Å². The van der Waals surface area contributed by atoms with Crippen LogP contribution in [0.2, 0.25) is 0 Å². The maximum Gasteiger partial charge on any atom is 0.331 e. The molecule has 2 fully saturated rings. The van der Waals surface area contributed by atoms with Gasteiger partial charge in [0, 0.05) is 6.04 Å². The van der Waals surface area contributed by atoms with Gasteiger partial charge in [-0.2, -0.15) is 0 Å². The molecule has 0 radical (unpaired) electrons. The van der Waals surface area contributed by atoms with Gasteiger partial charge in [-0.05, 0) is 47.5 Å². The maximum atomic E-state index is 13.8. The summed E-state index contributed by atoms with van der Waals surface area (Å²) in [6.07, 6.45) is 0. The Balaban J connectivity index is 1.72. The standard InChI is InChI=1S/C26H21FN2O5/c1-34-25(33)26(16-5-3-2-4-6-16)21-20(22(28-26)15-7-13-19(30)14-8-15)23(31)29(24(21)32)18-11-9-17(27)10-12-18/h2-14,20-22,28,30H,1H3/t20-,21+,22-,26+/m0/s1. The number of fused-ring (bicyclic) bond motifs is 1. The van der Waals surface area contributed by atoms with Gasteiger partial charge in [-0.3, -0.25) is 14.9 Å². The minimum atomic E-state index is -1.63. The largest absolute Gasteiger partial charge is 0.508 e. The summed E-state index contributed by atoms with van der Waals surface area (Å²) in [6, 6.07) is 19.2. The number of methoxy groups -OCH3 is 1. The molecule has 0 saturated carbocycles. The number of amides is 2. The molecule has 0 spiro atoms. The van der Waals surface area contributed by atoms with Gasteiger partial charge in [-0.25, -0.2) is 14.1 Å². The molecule has 2 amide bonds. The molecule has 0 unspecified atom stereocenters. The molecular formula is C26H21FN2O5. The van der Waals surface area contributed by atoms with E-state index in [-0.39, 0.29) is 11.4 Å². The van der Waals surface area contributed by atoms with Gasteiger partial charge in [0.25, 0.3) is 0 Å². The van der Waals surface area contributed by atoms with E-state index in [1.54, 1.807) is 42.5 Å². The van der Waals surface area contributed by atoms with Gasteiger partial charge in [0.05, 0.1) is 24.6 Å². The minimum Gasteiger partial charge on any atom is -0.508 e. The molecule has 2 heterocycles. The Bertz CT molecular complexity index is 1260. The Morgan fingerprint density at radius 1 is 0.971 bits per heavy atom. The van der Waals surface area contributed by atoms with Crippen LogP contribution in [0.5, 0.6) is 5.75 Å². The van der Waals surface area contributed by atoms with Gasteiger partial charge >= 0.3 is 5.97 Å². The number of imide groups is 1. The molecule has 172 valence electrons. The van der Waals surface area contributed by atoms with Crippen molar-refractivity contribution in [2.45, 2.75) is 11.6 Å². The highest BCUT2D eigenvalue weighted by atomic mass is 19.1. The van der Waals surface area contributed by atoms with Gasteiger partial charge in [-0.1, -0.05) is 42.5 Å². The topological polar surface area (TPSA) is 95.9 Å². The molecule has 2 aliphatic rings. The third kappa shape index (κ3) is 3.10. The maximum absolute atomic E-state index is 13.8. The lowest BCUT2D eigenvalue weighted by atomic mass is 9.75. The SMILES string of the molecule is COC(=O)[C@]1(c2ccccc2)N[C@@H](c2ccc(O)cc2)[C@H]2C(=O)N(c3ccc(F)cc3)C(=O)[C@@H]21. The number of carbonyl (C=O) groups is 3. The molecule has 2 N–H and O–H groups in total. The molecule has 34 heavy (non-hydrogen) atoms. The lowest BCUT2D eigenvalue weighted by Crippen LogP contribution is -2.53. The van der Waals surface area contributed by atoms with Crippen LogP contribution in [0, 0.1) is 17.7 Å². The first-order valence-electron chi connectivity index (χ1n) is 10.7. The second kappa shape index (κ2) is 8.07. The van der Waals surface area contributed by atoms with Crippen molar-refractivity contribution in [3.63, 3.8) is 0 Å². The van der Waals surface area contributed by atoms with Crippen molar-refractivity contribution in [2.24, 2.45) is 11.8 Å². The highest BCUT2D eigenvalue weighted by Crippen LogP contribution is 2.54. The number of rotatable bonds is 4. The van der Waals surface area contributed by atoms with Crippen molar-refractivity contribution < 1.29 is 28.6 Å². The Morgan fingerprint density at radius 2 is 1.62 bits per heavy atom. The van der Waals surface area contributed by atoms with Crippen molar-refractivity contribution in [1.29, 1.82) is 0 Å². The number of phenols is 1. The number of hydrogen-bond acceptors (Lipinski definition) is 6. The van der Waals surface area contributed by atoms with Crippen LogP contribution in [0.1, 0.15) is 17.2 Å². The third-order valence-electron chi connectivity index (χ3n) is 6.63. The third-order valence-corrected chi connectivity index (χ3v) is 6.63. The number of aromatic hydroxyl groups is 1. The van der Waals surface area contributed by atoms with E-state index in [4.69, 9.17) is 4.74 Å². The minimum absolute atomic E-state index is 0.0438. The van der Waals surface area contributed by atoms with Crippen molar-refractivity contribution in [3.05, 3.63) is 95.8 Å². The van der Waals surface area contributed by atoms with Crippen LogP contribution in [-0.2, 0) is 24.7 Å². The van der Waals surface area contributed by atoms with Gasteiger partial charge in [0.1, 0.15) is 11.6 Å². The lowest BCUT2D eigenvalue weighted by molar-refractivity contribution is -0.152. The fourth-order valence-corrected chi connectivity index (χ4v) is 5.15. The average Bonchev–Trinajstić information content (AvgIpc) is 3.35. The van der Waals surface area contributed by atoms with Crippen molar-refractivity contribution >= 4 is 23.5 Å². The number of nitrogens with zero attached hydrogens (tertiary/aromatic N) is 1. The van der Waals surface area contributed by atoms with Crippen LogP contribution >= 0.6 is 0 Å². The van der Waals surface area contributed by atoms with Crippen LogP contribution in [0.25, 0.3) is 0 Å². The van der Waals surface area contributed by atoms with Crippen LogP contribution in [0.15, 0.2) is 78.9 Å². The summed E-state index contributed by atoms with van der Waals surface area (Å²) in [5, 5.41) is 13.0. The predicted octanol–water partition coefficient (Wildman–Crippen LogP) is 3.05. The molecule has 0 aromatic heterocycles. The molecule has 2 saturated heterocycles. The number of ether oxygens (including phenoxy) is 1. The van der Waals surface area contributed by atoms with E-state index < -0.39 is 47.0 Å². The van der Waals surface area contributed by atoms with E-state index in [2.05, 4.69) is 5.32 Å². The van der Waals surface area contributed by atoms with Gasteiger partial charge in [0.15, 0.2) is 5.54 Å². The van der Waals surface area contributed by atoms with Gasteiger partial charge in [-0.15, -0.1) is 0 Å². The predicted molar refractivity (Wildman–Crippen MR) is 120 cm³/mol. The number of hydrogen-bond donors (Lipinski definition) is 2. The molecule has 8 heteroatoms. The summed E-state index contributed by atoms with van der Waals surface area (Å²) in [4.78, 5) is 42.0. The zero-order chi connectivity index (χ0) is 24.0. The highest BCUT2D eigenvalue weighted by Gasteiger charge is 2.69. The lowest BCUT2D eigenvalue weighted by Gasteiger charge is -2.33. The fourth-order valence-electron chi connectivity index (χ4n) is 5.15. The molecular weight excluding hydrogens is 439 g/mol. The summed E-state index contributed by atoms with van der Waals surface area (Å²) in [6.45, 7) is 0. The second-order valence-electron chi connectivity index (χ2n) is 8.37. The molecule has 4 atom stereocenters. The van der Waals surface area contributed by atoms with E-state index >= 15 is 0 Å². The monoisotopic (exact) mass is 460 g/mol. The second-order valence-corrected chi connectivity index (χ2v) is 8.37. The molecule has 3 aromatic carbocycles.